The molecule has 1 aromatic rings. The largest absolute Gasteiger partial charge is 0.466 e. The number of esters is 1. The van der Waals surface area contributed by atoms with Gasteiger partial charge in [-0.15, -0.1) is 0 Å². The number of nitrogens with zero attached hydrogens (tertiary/aromatic N) is 1. The molecule has 2 saturated heterocycles. The zero-order valence-corrected chi connectivity index (χ0v) is 31.3. The first-order chi connectivity index (χ1) is 20.3. The number of hydrogen-bond acceptors (Lipinski definition) is 11. The number of rotatable bonds is 9. The van der Waals surface area contributed by atoms with Gasteiger partial charge in [0.1, 0.15) is 17.1 Å². The molecule has 16 heteroatoms. The minimum atomic E-state index is -4.61. The van der Waals surface area contributed by atoms with Crippen molar-refractivity contribution in [2.75, 3.05) is 13.2 Å². The molecule has 4 atom stereocenters. The maximum absolute atomic E-state index is 13.7. The topological polar surface area (TPSA) is 176 Å². The first kappa shape index (κ1) is 37.2. The van der Waals surface area contributed by atoms with Crippen LogP contribution in [0.1, 0.15) is 66.7 Å². The van der Waals surface area contributed by atoms with Crippen molar-refractivity contribution in [3.05, 3.63) is 43.6 Å². The molecule has 0 aromatic carbocycles. The van der Waals surface area contributed by atoms with Crippen LogP contribution < -0.4 is 11.2 Å². The Morgan fingerprint density at radius 2 is 1.69 bits per heavy atom. The highest BCUT2D eigenvalue weighted by Gasteiger charge is 2.70. The van der Waals surface area contributed by atoms with Gasteiger partial charge in [-0.2, -0.15) is 8.42 Å². The van der Waals surface area contributed by atoms with Crippen molar-refractivity contribution in [2.45, 2.75) is 122 Å². The number of carbonyl (C=O) groups excluding carboxylic acids is 1. The van der Waals surface area contributed by atoms with Gasteiger partial charge in [0.2, 0.25) is 0 Å². The first-order valence-corrected chi connectivity index (χ1v) is 22.2. The molecule has 3 rings (SSSR count). The zero-order chi connectivity index (χ0) is 34.6. The van der Waals surface area contributed by atoms with Crippen molar-refractivity contribution >= 4 is 38.4 Å². The van der Waals surface area contributed by atoms with E-state index in [1.54, 1.807) is 6.92 Å². The summed E-state index contributed by atoms with van der Waals surface area (Å²) in [6.45, 7) is 23.1. The summed E-state index contributed by atoms with van der Waals surface area (Å²) >= 11 is 0. The van der Waals surface area contributed by atoms with Crippen molar-refractivity contribution in [2.24, 2.45) is 0 Å². The summed E-state index contributed by atoms with van der Waals surface area (Å²) in [5.74, 6) is -0.670. The zero-order valence-electron chi connectivity index (χ0n) is 28.4. The molecule has 13 nitrogen and oxygen atoms in total. The van der Waals surface area contributed by atoms with Crippen LogP contribution in [0.2, 0.25) is 36.3 Å². The van der Waals surface area contributed by atoms with E-state index in [0.29, 0.717) is 0 Å². The van der Waals surface area contributed by atoms with Gasteiger partial charge in [-0.1, -0.05) is 47.6 Å². The van der Waals surface area contributed by atoms with Crippen LogP contribution in [0.25, 0.3) is 0 Å². The summed E-state index contributed by atoms with van der Waals surface area (Å²) in [6.07, 6.45) is -1.88. The number of nitrogens with one attached hydrogen (secondary N) is 2. The van der Waals surface area contributed by atoms with Crippen LogP contribution in [-0.2, 0) is 37.4 Å². The molecule has 1 aromatic heterocycles. The Balaban J connectivity index is 2.32. The Hall–Kier alpha value is -2.22. The lowest BCUT2D eigenvalue weighted by atomic mass is 9.86. The van der Waals surface area contributed by atoms with E-state index in [0.717, 1.165) is 10.6 Å². The van der Waals surface area contributed by atoms with Gasteiger partial charge in [-0.3, -0.25) is 19.1 Å². The highest BCUT2D eigenvalue weighted by Crippen LogP contribution is 2.52. The predicted octanol–water partition coefficient (Wildman–Crippen LogP) is 4.11. The van der Waals surface area contributed by atoms with Crippen molar-refractivity contribution in [1.82, 2.24) is 9.55 Å². The lowest BCUT2D eigenvalue weighted by molar-refractivity contribution is -0.142. The SMILES string of the molecule is CCOC(=O)C/C=C1\C(=N)C2(OS1(=O)=O)C(CO[Si](C)(C)C(C)(C)C)OC(n1cc(C)c(=O)[nH]c1=O)C2O[Si](C)(C)C(C)(C)C. The molecule has 45 heavy (non-hydrogen) atoms. The van der Waals surface area contributed by atoms with Crippen LogP contribution in [0.3, 0.4) is 0 Å². The molecule has 0 aliphatic carbocycles. The van der Waals surface area contributed by atoms with Crippen molar-refractivity contribution in [1.29, 1.82) is 5.41 Å². The Kier molecular flexibility index (Phi) is 10.3. The molecule has 0 radical (unpaired) electrons. The molecular weight excluding hydrogens is 639 g/mol. The van der Waals surface area contributed by atoms with Crippen molar-refractivity contribution in [3.8, 4) is 0 Å². The van der Waals surface area contributed by atoms with Gasteiger partial charge in [0.15, 0.2) is 28.5 Å². The second-order valence-corrected chi connectivity index (χ2v) is 25.7. The average molecular weight is 688 g/mol. The summed E-state index contributed by atoms with van der Waals surface area (Å²) in [5, 5.41) is 8.75. The van der Waals surface area contributed by atoms with E-state index in [9.17, 15) is 28.2 Å². The van der Waals surface area contributed by atoms with Crippen molar-refractivity contribution in [3.63, 3.8) is 0 Å². The van der Waals surface area contributed by atoms with E-state index in [1.165, 1.54) is 13.1 Å². The maximum Gasteiger partial charge on any atom is 0.330 e. The fourth-order valence-electron chi connectivity index (χ4n) is 4.62. The molecule has 2 aliphatic rings. The van der Waals surface area contributed by atoms with Crippen LogP contribution in [0.15, 0.2) is 26.8 Å². The average Bonchev–Trinajstić information content (AvgIpc) is 3.26. The minimum Gasteiger partial charge on any atom is -0.466 e. The summed E-state index contributed by atoms with van der Waals surface area (Å²) in [6, 6.07) is 0. The highest BCUT2D eigenvalue weighted by atomic mass is 32.2. The fourth-order valence-corrected chi connectivity index (χ4v) is 8.33. The van der Waals surface area contributed by atoms with Crippen LogP contribution in [0, 0.1) is 12.3 Å². The van der Waals surface area contributed by atoms with Gasteiger partial charge in [-0.25, -0.2) is 8.98 Å². The molecule has 0 bridgehead atoms. The third kappa shape index (κ3) is 7.06. The summed E-state index contributed by atoms with van der Waals surface area (Å²) in [5.41, 5.74) is -3.74. The van der Waals surface area contributed by atoms with Gasteiger partial charge in [0.05, 0.1) is 25.3 Å². The number of aromatic amines is 1. The second kappa shape index (κ2) is 12.4. The Labute approximate surface area is 267 Å². The van der Waals surface area contributed by atoms with Crippen LogP contribution in [0.5, 0.6) is 0 Å². The van der Waals surface area contributed by atoms with Gasteiger partial charge < -0.3 is 23.7 Å². The third-order valence-corrected chi connectivity index (χ3v) is 19.8. The molecule has 0 amide bonds. The van der Waals surface area contributed by atoms with Crippen LogP contribution in [0.4, 0.5) is 0 Å². The molecule has 1 spiro atoms. The summed E-state index contributed by atoms with van der Waals surface area (Å²) in [7, 11) is -9.88. The second-order valence-electron chi connectivity index (χ2n) is 14.6. The predicted molar refractivity (Wildman–Crippen MR) is 175 cm³/mol. The minimum absolute atomic E-state index is 0.102. The molecule has 2 aliphatic heterocycles. The maximum atomic E-state index is 13.7. The molecule has 0 saturated carbocycles. The van der Waals surface area contributed by atoms with E-state index in [1.807, 2.05) is 67.7 Å². The van der Waals surface area contributed by atoms with E-state index in [2.05, 4.69) is 4.98 Å². The van der Waals surface area contributed by atoms with Crippen molar-refractivity contribution < 1.29 is 35.7 Å². The molecule has 2 fully saturated rings. The number of aromatic nitrogens is 2. The lowest BCUT2D eigenvalue weighted by Gasteiger charge is -2.43. The summed E-state index contributed by atoms with van der Waals surface area (Å²) in [4.78, 5) is 39.5. The van der Waals surface area contributed by atoms with Gasteiger partial charge >= 0.3 is 11.7 Å². The van der Waals surface area contributed by atoms with E-state index < -0.39 is 85.0 Å². The summed E-state index contributed by atoms with van der Waals surface area (Å²) < 4.78 is 59.3. The Morgan fingerprint density at radius 3 is 2.22 bits per heavy atom. The number of H-pyrrole nitrogens is 1. The normalized spacial score (nSPS) is 26.6. The number of carbonyl (C=O) groups is 1. The van der Waals surface area contributed by atoms with E-state index in [4.69, 9.17) is 22.5 Å². The van der Waals surface area contributed by atoms with E-state index in [-0.39, 0.29) is 28.9 Å². The van der Waals surface area contributed by atoms with Crippen LogP contribution in [-0.4, -0.2) is 77.3 Å². The quantitative estimate of drug-likeness (QED) is 0.218. The standard InChI is InChI=1S/C29H49N3O10SSi2/c1-13-38-21(33)15-14-19-22(30)29(42-43(19,36)37)20(17-39-44(9,10)27(3,4)5)40-25(23(29)41-45(11,12)28(6,7)8)32-16-18(2)24(34)31-26(32)35/h14,16,20,23,25,30H,13,15,17H2,1-12H3,(H,31,34,35)/b19-14+,30-22?. The molecular formula is C29H49N3O10SSi2. The molecule has 254 valence electrons. The molecule has 4 unspecified atom stereocenters. The van der Waals surface area contributed by atoms with Gasteiger partial charge in [-0.05, 0) is 50.1 Å². The number of aryl methyl sites for hydroxylation is 1. The first-order valence-electron chi connectivity index (χ1n) is 15.0. The lowest BCUT2D eigenvalue weighted by Crippen LogP contribution is -2.60. The van der Waals surface area contributed by atoms with Gasteiger partial charge in [0.25, 0.3) is 15.7 Å². The fraction of sp³-hybridized carbons (Fsp3) is 0.724. The Morgan fingerprint density at radius 1 is 1.11 bits per heavy atom. The molecule has 2 N–H and O–H groups in total. The van der Waals surface area contributed by atoms with Gasteiger partial charge in [0, 0.05) is 11.8 Å². The molecule has 3 heterocycles. The van der Waals surface area contributed by atoms with Crippen LogP contribution >= 0.6 is 0 Å². The highest BCUT2D eigenvalue weighted by molar-refractivity contribution is 7.92. The van der Waals surface area contributed by atoms with E-state index >= 15 is 0 Å². The monoisotopic (exact) mass is 687 g/mol. The smallest absolute Gasteiger partial charge is 0.330 e. The third-order valence-electron chi connectivity index (χ3n) is 9.43. The number of hydrogen-bond donors (Lipinski definition) is 2. The Bertz CT molecular complexity index is 1580. The number of ether oxygens (including phenoxy) is 2.